The third-order valence-corrected chi connectivity index (χ3v) is 4.76. The van der Waals surface area contributed by atoms with E-state index in [0.29, 0.717) is 11.3 Å². The molecule has 0 atom stereocenters. The Morgan fingerprint density at radius 3 is 1.93 bits per heavy atom. The van der Waals surface area contributed by atoms with Crippen molar-refractivity contribution < 1.29 is 23.9 Å². The smallest absolute Gasteiger partial charge is 0.338 e. The highest BCUT2D eigenvalue weighted by atomic mass is 32.1. The van der Waals surface area contributed by atoms with Crippen molar-refractivity contribution in [1.82, 2.24) is 0 Å². The summed E-state index contributed by atoms with van der Waals surface area (Å²) in [6.45, 7) is 9.03. The quantitative estimate of drug-likeness (QED) is 0.606. The van der Waals surface area contributed by atoms with Gasteiger partial charge in [0.25, 0.3) is 5.91 Å². The first-order valence-electron chi connectivity index (χ1n) is 9.65. The lowest BCUT2D eigenvalue weighted by atomic mass is 10.1. The summed E-state index contributed by atoms with van der Waals surface area (Å²) >= 11 is 1.53. The molecule has 156 valence electrons. The average Bonchev–Trinajstić information content (AvgIpc) is 3.09. The molecule has 29 heavy (non-hydrogen) atoms. The van der Waals surface area contributed by atoms with Gasteiger partial charge in [0.2, 0.25) is 0 Å². The number of benzene rings is 1. The van der Waals surface area contributed by atoms with E-state index in [2.05, 4.69) is 12.2 Å². The minimum atomic E-state index is -0.574. The van der Waals surface area contributed by atoms with Crippen LogP contribution in [0.2, 0.25) is 0 Å². The molecule has 0 aliphatic rings. The molecule has 0 bridgehead atoms. The predicted octanol–water partition coefficient (Wildman–Crippen LogP) is 5.08. The predicted molar refractivity (Wildman–Crippen MR) is 114 cm³/mol. The summed E-state index contributed by atoms with van der Waals surface area (Å²) in [7, 11) is 0. The molecule has 1 aromatic heterocycles. The van der Waals surface area contributed by atoms with Gasteiger partial charge in [0.05, 0.1) is 28.9 Å². The van der Waals surface area contributed by atoms with Gasteiger partial charge in [-0.15, -0.1) is 11.3 Å². The highest BCUT2D eigenvalue weighted by Gasteiger charge is 2.18. The molecule has 0 saturated heterocycles. The van der Waals surface area contributed by atoms with Crippen molar-refractivity contribution in [3.63, 3.8) is 0 Å². The molecule has 0 unspecified atom stereocenters. The number of rotatable bonds is 8. The molecule has 0 fully saturated rings. The lowest BCUT2D eigenvalue weighted by molar-refractivity contribution is 0.0377. The second-order valence-electron chi connectivity index (χ2n) is 7.21. The molecule has 1 amide bonds. The Bertz CT molecular complexity index is 845. The van der Waals surface area contributed by atoms with E-state index < -0.39 is 11.9 Å². The summed E-state index contributed by atoms with van der Waals surface area (Å²) in [5.74, 6) is -1.45. The van der Waals surface area contributed by atoms with Crippen LogP contribution in [0, 0.1) is 0 Å². The third-order valence-electron chi connectivity index (χ3n) is 3.76. The van der Waals surface area contributed by atoms with Gasteiger partial charge in [0.1, 0.15) is 0 Å². The number of carbonyl (C=O) groups excluding carboxylic acids is 3. The highest BCUT2D eigenvalue weighted by molar-refractivity contribution is 7.10. The summed E-state index contributed by atoms with van der Waals surface area (Å²) in [6.07, 6.45) is 1.30. The number of carbonyl (C=O) groups is 3. The maximum absolute atomic E-state index is 12.6. The molecule has 0 spiro atoms. The Balaban J connectivity index is 2.31. The number of esters is 2. The van der Waals surface area contributed by atoms with E-state index in [1.807, 2.05) is 6.07 Å². The molecular weight excluding hydrogens is 390 g/mol. The van der Waals surface area contributed by atoms with Crippen molar-refractivity contribution in [3.8, 4) is 0 Å². The van der Waals surface area contributed by atoms with Crippen molar-refractivity contribution in [2.75, 3.05) is 5.32 Å². The Labute approximate surface area is 175 Å². The number of hydrogen-bond acceptors (Lipinski definition) is 6. The van der Waals surface area contributed by atoms with Crippen LogP contribution in [0.1, 0.15) is 77.0 Å². The van der Waals surface area contributed by atoms with Crippen molar-refractivity contribution in [3.05, 3.63) is 51.2 Å². The zero-order chi connectivity index (χ0) is 21.6. The molecule has 2 aromatic rings. The Kier molecular flexibility index (Phi) is 7.96. The summed E-state index contributed by atoms with van der Waals surface area (Å²) in [5, 5.41) is 4.56. The van der Waals surface area contributed by atoms with Gasteiger partial charge < -0.3 is 14.8 Å². The molecule has 2 rings (SSSR count). The maximum atomic E-state index is 12.6. The zero-order valence-electron chi connectivity index (χ0n) is 17.4. The van der Waals surface area contributed by atoms with Crippen LogP contribution in [-0.2, 0) is 15.9 Å². The first kappa shape index (κ1) is 22.6. The van der Waals surface area contributed by atoms with Gasteiger partial charge in [0, 0.05) is 15.9 Å². The van der Waals surface area contributed by atoms with Crippen LogP contribution in [0.25, 0.3) is 0 Å². The number of anilines is 1. The molecule has 1 N–H and O–H groups in total. The van der Waals surface area contributed by atoms with Crippen LogP contribution >= 0.6 is 11.3 Å². The van der Waals surface area contributed by atoms with Crippen molar-refractivity contribution >= 4 is 34.9 Å². The van der Waals surface area contributed by atoms with E-state index in [1.54, 1.807) is 33.1 Å². The highest BCUT2D eigenvalue weighted by Crippen LogP contribution is 2.21. The molecule has 0 saturated carbocycles. The molecule has 1 heterocycles. The lowest BCUT2D eigenvalue weighted by Gasteiger charge is -2.13. The summed E-state index contributed by atoms with van der Waals surface area (Å²) in [5.41, 5.74) is 1.21. The number of amides is 1. The van der Waals surface area contributed by atoms with Gasteiger partial charge in [-0.05, 0) is 58.4 Å². The molecular formula is C22H27NO5S. The fourth-order valence-electron chi connectivity index (χ4n) is 2.58. The number of thiophene rings is 1. The third kappa shape index (κ3) is 6.71. The van der Waals surface area contributed by atoms with E-state index in [1.165, 1.54) is 29.5 Å². The molecule has 7 heteroatoms. The normalized spacial score (nSPS) is 10.9. The number of hydrogen-bond donors (Lipinski definition) is 1. The van der Waals surface area contributed by atoms with Crippen LogP contribution in [0.15, 0.2) is 29.6 Å². The second kappa shape index (κ2) is 10.2. The lowest BCUT2D eigenvalue weighted by Crippen LogP contribution is -2.17. The topological polar surface area (TPSA) is 81.7 Å². The first-order chi connectivity index (χ1) is 13.7. The minimum Gasteiger partial charge on any atom is -0.459 e. The van der Waals surface area contributed by atoms with E-state index in [0.717, 1.165) is 17.7 Å². The van der Waals surface area contributed by atoms with Gasteiger partial charge in [0.15, 0.2) is 0 Å². The average molecular weight is 418 g/mol. The number of aryl methyl sites for hydroxylation is 1. The van der Waals surface area contributed by atoms with E-state index in [9.17, 15) is 14.4 Å². The monoisotopic (exact) mass is 417 g/mol. The number of nitrogens with one attached hydrogen (secondary N) is 1. The summed E-state index contributed by atoms with van der Waals surface area (Å²) in [6, 6.07) is 6.26. The molecule has 0 aliphatic heterocycles. The van der Waals surface area contributed by atoms with Gasteiger partial charge in [-0.1, -0.05) is 13.3 Å². The van der Waals surface area contributed by atoms with Crippen molar-refractivity contribution in [1.29, 1.82) is 0 Å². The Morgan fingerprint density at radius 1 is 0.897 bits per heavy atom. The van der Waals surface area contributed by atoms with Gasteiger partial charge >= 0.3 is 11.9 Å². The van der Waals surface area contributed by atoms with E-state index in [4.69, 9.17) is 9.47 Å². The maximum Gasteiger partial charge on any atom is 0.338 e. The fraction of sp³-hybridized carbons (Fsp3) is 0.409. The summed E-state index contributed by atoms with van der Waals surface area (Å²) in [4.78, 5) is 38.4. The van der Waals surface area contributed by atoms with Crippen LogP contribution in [0.5, 0.6) is 0 Å². The van der Waals surface area contributed by atoms with Crippen LogP contribution in [0.3, 0.4) is 0 Å². The fourth-order valence-corrected chi connectivity index (χ4v) is 3.55. The van der Waals surface area contributed by atoms with Gasteiger partial charge in [-0.25, -0.2) is 9.59 Å². The van der Waals surface area contributed by atoms with E-state index in [-0.39, 0.29) is 29.2 Å². The van der Waals surface area contributed by atoms with Crippen molar-refractivity contribution in [2.45, 2.75) is 59.7 Å². The Morgan fingerprint density at radius 2 is 1.45 bits per heavy atom. The Hall–Kier alpha value is -2.67. The van der Waals surface area contributed by atoms with Crippen LogP contribution in [0.4, 0.5) is 5.69 Å². The molecule has 6 nitrogen and oxygen atoms in total. The zero-order valence-corrected chi connectivity index (χ0v) is 18.2. The van der Waals surface area contributed by atoms with Crippen LogP contribution in [-0.4, -0.2) is 30.1 Å². The van der Waals surface area contributed by atoms with Gasteiger partial charge in [-0.3, -0.25) is 4.79 Å². The van der Waals surface area contributed by atoms with Crippen LogP contribution < -0.4 is 5.32 Å². The van der Waals surface area contributed by atoms with E-state index >= 15 is 0 Å². The standard InChI is InChI=1S/C22H27NO5S/c1-6-7-19-11-17(12-29-19)20(24)23-18-9-15(21(25)27-13(2)3)8-16(10-18)22(26)28-14(4)5/h8-14H,6-7H2,1-5H3,(H,23,24). The SMILES string of the molecule is CCCc1cc(C(=O)Nc2cc(C(=O)OC(C)C)cc(C(=O)OC(C)C)c2)cs1. The minimum absolute atomic E-state index is 0.171. The number of ether oxygens (including phenoxy) is 2. The largest absolute Gasteiger partial charge is 0.459 e. The second-order valence-corrected chi connectivity index (χ2v) is 8.21. The molecule has 0 radical (unpaired) electrons. The molecule has 0 aliphatic carbocycles. The molecule has 1 aromatic carbocycles. The van der Waals surface area contributed by atoms with Crippen molar-refractivity contribution in [2.24, 2.45) is 0 Å². The van der Waals surface area contributed by atoms with Gasteiger partial charge in [-0.2, -0.15) is 0 Å². The first-order valence-corrected chi connectivity index (χ1v) is 10.5. The summed E-state index contributed by atoms with van der Waals surface area (Å²) < 4.78 is 10.4.